The van der Waals surface area contributed by atoms with Gasteiger partial charge in [0.25, 0.3) is 5.91 Å². The molecule has 23 heavy (non-hydrogen) atoms. The third-order valence-electron chi connectivity index (χ3n) is 4.40. The maximum absolute atomic E-state index is 12.2. The van der Waals surface area contributed by atoms with Crippen LogP contribution in [0.15, 0.2) is 12.4 Å². The Kier molecular flexibility index (Phi) is 6.18. The minimum absolute atomic E-state index is 0.0256. The minimum Gasteiger partial charge on any atom is -0.383 e. The second-order valence-corrected chi connectivity index (χ2v) is 7.33. The first-order valence-corrected chi connectivity index (χ1v) is 8.45. The standard InChI is InChI=1S/C17H30N4O2/c1-17(2,3)21-13-15(12-19-21)16(22)18-11-14-5-7-20(8-6-14)9-10-23-4/h12-14H,5-11H2,1-4H3,(H,18,22). The molecule has 1 N–H and O–H groups in total. The molecule has 0 unspecified atom stereocenters. The number of nitrogens with zero attached hydrogens (tertiary/aromatic N) is 3. The molecule has 1 amide bonds. The Morgan fingerprint density at radius 1 is 1.39 bits per heavy atom. The van der Waals surface area contributed by atoms with Gasteiger partial charge in [0.15, 0.2) is 0 Å². The topological polar surface area (TPSA) is 59.4 Å². The SMILES string of the molecule is COCCN1CCC(CNC(=O)c2cnn(C(C)(C)C)c2)CC1. The van der Waals surface area contributed by atoms with Crippen molar-refractivity contribution in [1.82, 2.24) is 20.0 Å². The van der Waals surface area contributed by atoms with Crippen molar-refractivity contribution in [1.29, 1.82) is 0 Å². The maximum Gasteiger partial charge on any atom is 0.254 e. The van der Waals surface area contributed by atoms with E-state index < -0.39 is 0 Å². The van der Waals surface area contributed by atoms with E-state index in [-0.39, 0.29) is 11.4 Å². The van der Waals surface area contributed by atoms with Gasteiger partial charge in [-0.15, -0.1) is 0 Å². The van der Waals surface area contributed by atoms with Crippen LogP contribution >= 0.6 is 0 Å². The summed E-state index contributed by atoms with van der Waals surface area (Å²) < 4.78 is 6.95. The molecule has 1 aliphatic rings. The van der Waals surface area contributed by atoms with Crippen LogP contribution in [0.5, 0.6) is 0 Å². The van der Waals surface area contributed by atoms with E-state index in [0.29, 0.717) is 11.5 Å². The summed E-state index contributed by atoms with van der Waals surface area (Å²) in [6, 6.07) is 0. The normalized spacial score (nSPS) is 17.4. The van der Waals surface area contributed by atoms with E-state index in [0.717, 1.165) is 45.6 Å². The van der Waals surface area contributed by atoms with Gasteiger partial charge in [-0.1, -0.05) is 0 Å². The lowest BCUT2D eigenvalue weighted by Gasteiger charge is -2.31. The Balaban J connectivity index is 1.74. The number of piperidine rings is 1. The molecule has 0 aromatic carbocycles. The van der Waals surface area contributed by atoms with Crippen molar-refractivity contribution in [2.24, 2.45) is 5.92 Å². The Hall–Kier alpha value is -1.40. The van der Waals surface area contributed by atoms with E-state index in [1.54, 1.807) is 13.3 Å². The van der Waals surface area contributed by atoms with Gasteiger partial charge in [0, 0.05) is 26.4 Å². The van der Waals surface area contributed by atoms with Crippen LogP contribution in [0.3, 0.4) is 0 Å². The molecule has 0 saturated carbocycles. The zero-order valence-corrected chi connectivity index (χ0v) is 14.8. The molecule has 1 aromatic heterocycles. The lowest BCUT2D eigenvalue weighted by atomic mass is 9.97. The van der Waals surface area contributed by atoms with Crippen molar-refractivity contribution in [2.45, 2.75) is 39.2 Å². The number of ether oxygens (including phenoxy) is 1. The van der Waals surface area contributed by atoms with Crippen LogP contribution in [-0.2, 0) is 10.3 Å². The highest BCUT2D eigenvalue weighted by molar-refractivity contribution is 5.93. The Labute approximate surface area is 139 Å². The first kappa shape index (κ1) is 17.9. The summed E-state index contributed by atoms with van der Waals surface area (Å²) in [7, 11) is 1.74. The van der Waals surface area contributed by atoms with Crippen molar-refractivity contribution in [2.75, 3.05) is 39.9 Å². The molecule has 1 fully saturated rings. The van der Waals surface area contributed by atoms with Crippen molar-refractivity contribution >= 4 is 5.91 Å². The summed E-state index contributed by atoms with van der Waals surface area (Å²) in [5.74, 6) is 0.540. The van der Waals surface area contributed by atoms with Gasteiger partial charge in [-0.05, 0) is 52.6 Å². The number of hydrogen-bond donors (Lipinski definition) is 1. The monoisotopic (exact) mass is 322 g/mol. The van der Waals surface area contributed by atoms with E-state index in [1.165, 1.54) is 0 Å². The summed E-state index contributed by atoms with van der Waals surface area (Å²) in [6.07, 6.45) is 5.73. The summed E-state index contributed by atoms with van der Waals surface area (Å²) in [5, 5.41) is 7.34. The maximum atomic E-state index is 12.2. The minimum atomic E-state index is -0.104. The summed E-state index contributed by atoms with van der Waals surface area (Å²) in [5.41, 5.74) is 0.533. The number of hydrogen-bond acceptors (Lipinski definition) is 4. The average Bonchev–Trinajstić information content (AvgIpc) is 3.02. The fraction of sp³-hybridized carbons (Fsp3) is 0.765. The lowest BCUT2D eigenvalue weighted by molar-refractivity contribution is 0.0925. The Bertz CT molecular complexity index is 499. The van der Waals surface area contributed by atoms with Crippen LogP contribution in [0.25, 0.3) is 0 Å². The Morgan fingerprint density at radius 3 is 2.65 bits per heavy atom. The second kappa shape index (κ2) is 7.93. The number of aromatic nitrogens is 2. The van der Waals surface area contributed by atoms with Gasteiger partial charge in [-0.25, -0.2) is 0 Å². The van der Waals surface area contributed by atoms with E-state index in [1.807, 2.05) is 10.9 Å². The molecule has 0 radical (unpaired) electrons. The summed E-state index contributed by atoms with van der Waals surface area (Å²) >= 11 is 0. The molecular weight excluding hydrogens is 292 g/mol. The van der Waals surface area contributed by atoms with Gasteiger partial charge in [-0.3, -0.25) is 9.48 Å². The van der Waals surface area contributed by atoms with Crippen LogP contribution in [0.1, 0.15) is 44.0 Å². The Morgan fingerprint density at radius 2 is 2.09 bits per heavy atom. The molecule has 0 aliphatic carbocycles. The van der Waals surface area contributed by atoms with E-state index in [9.17, 15) is 4.79 Å². The highest BCUT2D eigenvalue weighted by Crippen LogP contribution is 2.17. The predicted molar refractivity (Wildman–Crippen MR) is 90.6 cm³/mol. The molecule has 130 valence electrons. The summed E-state index contributed by atoms with van der Waals surface area (Å²) in [6.45, 7) is 10.9. The molecule has 0 atom stereocenters. The number of rotatable bonds is 6. The molecule has 2 rings (SSSR count). The van der Waals surface area contributed by atoms with Crippen LogP contribution in [0, 0.1) is 5.92 Å². The van der Waals surface area contributed by atoms with Crippen molar-refractivity contribution in [3.63, 3.8) is 0 Å². The van der Waals surface area contributed by atoms with Crippen LogP contribution in [0.2, 0.25) is 0 Å². The van der Waals surface area contributed by atoms with Crippen LogP contribution < -0.4 is 5.32 Å². The predicted octanol–water partition coefficient (Wildman–Crippen LogP) is 1.73. The number of carbonyl (C=O) groups excluding carboxylic acids is 1. The van der Waals surface area contributed by atoms with Crippen molar-refractivity contribution < 1.29 is 9.53 Å². The highest BCUT2D eigenvalue weighted by atomic mass is 16.5. The first-order valence-electron chi connectivity index (χ1n) is 8.45. The van der Waals surface area contributed by atoms with Gasteiger partial charge in [0.05, 0.1) is 23.9 Å². The molecule has 6 heteroatoms. The van der Waals surface area contributed by atoms with Gasteiger partial charge in [0.2, 0.25) is 0 Å². The lowest BCUT2D eigenvalue weighted by Crippen LogP contribution is -2.39. The van der Waals surface area contributed by atoms with Gasteiger partial charge in [-0.2, -0.15) is 5.10 Å². The van der Waals surface area contributed by atoms with E-state index >= 15 is 0 Å². The quantitative estimate of drug-likeness (QED) is 0.866. The van der Waals surface area contributed by atoms with Gasteiger partial charge in [0.1, 0.15) is 0 Å². The van der Waals surface area contributed by atoms with Crippen molar-refractivity contribution in [3.05, 3.63) is 18.0 Å². The number of amides is 1. The van der Waals surface area contributed by atoms with Crippen LogP contribution in [-0.4, -0.2) is 60.5 Å². The molecular formula is C17H30N4O2. The average molecular weight is 322 g/mol. The molecule has 1 aromatic rings. The molecule has 1 saturated heterocycles. The largest absolute Gasteiger partial charge is 0.383 e. The smallest absolute Gasteiger partial charge is 0.254 e. The van der Waals surface area contributed by atoms with Gasteiger partial charge < -0.3 is 15.0 Å². The zero-order valence-electron chi connectivity index (χ0n) is 14.8. The fourth-order valence-electron chi connectivity index (χ4n) is 2.78. The third-order valence-corrected chi connectivity index (χ3v) is 4.40. The second-order valence-electron chi connectivity index (χ2n) is 7.33. The van der Waals surface area contributed by atoms with Crippen LogP contribution in [0.4, 0.5) is 0 Å². The molecule has 6 nitrogen and oxygen atoms in total. The molecule has 0 bridgehead atoms. The molecule has 0 spiro atoms. The zero-order chi connectivity index (χ0) is 16.9. The van der Waals surface area contributed by atoms with E-state index in [2.05, 4.69) is 36.1 Å². The number of methoxy groups -OCH3 is 1. The number of nitrogens with one attached hydrogen (secondary N) is 1. The fourth-order valence-corrected chi connectivity index (χ4v) is 2.78. The highest BCUT2D eigenvalue weighted by Gasteiger charge is 2.21. The first-order chi connectivity index (χ1) is 10.9. The van der Waals surface area contributed by atoms with Gasteiger partial charge >= 0.3 is 0 Å². The summed E-state index contributed by atoms with van der Waals surface area (Å²) in [4.78, 5) is 14.7. The number of carbonyl (C=O) groups is 1. The molecule has 1 aliphatic heterocycles. The van der Waals surface area contributed by atoms with Crippen molar-refractivity contribution in [3.8, 4) is 0 Å². The molecule has 2 heterocycles. The number of likely N-dealkylation sites (tertiary alicyclic amines) is 1. The van der Waals surface area contributed by atoms with E-state index in [4.69, 9.17) is 4.74 Å². The third kappa shape index (κ3) is 5.32.